The van der Waals surface area contributed by atoms with Gasteiger partial charge < -0.3 is 4.90 Å². The Labute approximate surface area is 105 Å². The van der Waals surface area contributed by atoms with Crippen LogP contribution in [-0.4, -0.2) is 53.0 Å². The molecule has 2 saturated heterocycles. The van der Waals surface area contributed by atoms with Crippen LogP contribution in [0, 0.1) is 11.8 Å². The Morgan fingerprint density at radius 3 is 2.24 bits per heavy atom. The van der Waals surface area contributed by atoms with Gasteiger partial charge in [0.2, 0.25) is 17.7 Å². The highest BCUT2D eigenvalue weighted by Gasteiger charge is 2.52. The third-order valence-electron chi connectivity index (χ3n) is 3.55. The number of fused-ring (bicyclic) bond motifs is 1. The van der Waals surface area contributed by atoms with Gasteiger partial charge in [-0.05, 0) is 6.42 Å². The second kappa shape index (κ2) is 4.29. The first kappa shape index (κ1) is 12.4. The van der Waals surface area contributed by atoms with E-state index in [1.807, 2.05) is 6.92 Å². The van der Waals surface area contributed by atoms with Gasteiger partial charge in [-0.2, -0.15) is 0 Å². The van der Waals surface area contributed by atoms with Crippen molar-refractivity contribution in [2.24, 2.45) is 11.8 Å². The number of likely N-dealkylation sites (tertiary alicyclic amines) is 2. The second-order valence-electron chi connectivity index (χ2n) is 4.57. The standard InChI is InChI=1S/C11H15ClN2O3/c1-3-8(12)11(17)14-4-6-7(5-14)10(16)13(2)9(6)15/h6-8H,3-5H2,1-2H3/t6-,7-,8-/m0/s1. The van der Waals surface area contributed by atoms with E-state index in [1.54, 1.807) is 4.90 Å². The molecule has 2 rings (SSSR count). The van der Waals surface area contributed by atoms with E-state index in [0.717, 1.165) is 4.90 Å². The predicted molar refractivity (Wildman–Crippen MR) is 61.3 cm³/mol. The summed E-state index contributed by atoms with van der Waals surface area (Å²) in [6.45, 7) is 2.47. The molecule has 3 amide bonds. The average Bonchev–Trinajstić information content (AvgIpc) is 2.85. The number of amides is 3. The zero-order chi connectivity index (χ0) is 12.7. The summed E-state index contributed by atoms with van der Waals surface area (Å²) in [5, 5.41) is -0.559. The smallest absolute Gasteiger partial charge is 0.240 e. The van der Waals surface area contributed by atoms with Crippen LogP contribution in [0.1, 0.15) is 13.3 Å². The minimum atomic E-state index is -0.559. The number of imide groups is 1. The molecule has 2 aliphatic heterocycles. The van der Waals surface area contributed by atoms with Crippen LogP contribution in [-0.2, 0) is 14.4 Å². The summed E-state index contributed by atoms with van der Waals surface area (Å²) in [5.74, 6) is -1.27. The molecule has 3 atom stereocenters. The molecule has 6 heteroatoms. The summed E-state index contributed by atoms with van der Waals surface area (Å²) in [4.78, 5) is 38.0. The Hall–Kier alpha value is -1.10. The van der Waals surface area contributed by atoms with Crippen LogP contribution in [0.2, 0.25) is 0 Å². The lowest BCUT2D eigenvalue weighted by molar-refractivity contribution is -0.139. The Morgan fingerprint density at radius 1 is 1.35 bits per heavy atom. The van der Waals surface area contributed by atoms with Gasteiger partial charge >= 0.3 is 0 Å². The molecule has 0 radical (unpaired) electrons. The van der Waals surface area contributed by atoms with Crippen LogP contribution in [0.4, 0.5) is 0 Å². The third kappa shape index (κ3) is 1.82. The topological polar surface area (TPSA) is 57.7 Å². The van der Waals surface area contributed by atoms with Gasteiger partial charge in [0.05, 0.1) is 11.8 Å². The summed E-state index contributed by atoms with van der Waals surface area (Å²) in [7, 11) is 1.49. The van der Waals surface area contributed by atoms with Crippen molar-refractivity contribution < 1.29 is 14.4 Å². The Bertz CT molecular complexity index is 361. The molecule has 0 N–H and O–H groups in total. The molecule has 2 aliphatic rings. The van der Waals surface area contributed by atoms with Crippen molar-refractivity contribution in [3.8, 4) is 0 Å². The normalized spacial score (nSPS) is 29.8. The van der Waals surface area contributed by atoms with E-state index in [2.05, 4.69) is 0 Å². The molecule has 0 aliphatic carbocycles. The number of hydrogen-bond donors (Lipinski definition) is 0. The van der Waals surface area contributed by atoms with Crippen LogP contribution in [0.15, 0.2) is 0 Å². The SMILES string of the molecule is CC[C@H](Cl)C(=O)N1C[C@@H]2C(=O)N(C)C(=O)[C@H]2C1. The van der Waals surface area contributed by atoms with E-state index in [0.29, 0.717) is 19.5 Å². The minimum absolute atomic E-state index is 0.174. The molecular weight excluding hydrogens is 244 g/mol. The molecule has 0 saturated carbocycles. The Kier molecular flexibility index (Phi) is 3.12. The number of rotatable bonds is 2. The maximum absolute atomic E-state index is 11.9. The number of alkyl halides is 1. The van der Waals surface area contributed by atoms with Gasteiger partial charge in [0.1, 0.15) is 5.38 Å². The van der Waals surface area contributed by atoms with Gasteiger partial charge in [0.15, 0.2) is 0 Å². The summed E-state index contributed by atoms with van der Waals surface area (Å²) in [6, 6.07) is 0. The molecule has 5 nitrogen and oxygen atoms in total. The lowest BCUT2D eigenvalue weighted by Crippen LogP contribution is -2.39. The fraction of sp³-hybridized carbons (Fsp3) is 0.727. The van der Waals surface area contributed by atoms with Crippen molar-refractivity contribution in [3.63, 3.8) is 0 Å². The summed E-state index contributed by atoms with van der Waals surface area (Å²) < 4.78 is 0. The largest absolute Gasteiger partial charge is 0.340 e. The first-order valence-corrected chi connectivity index (χ1v) is 6.15. The molecule has 2 fully saturated rings. The van der Waals surface area contributed by atoms with Crippen molar-refractivity contribution in [3.05, 3.63) is 0 Å². The van der Waals surface area contributed by atoms with Crippen LogP contribution >= 0.6 is 11.6 Å². The lowest BCUT2D eigenvalue weighted by atomic mass is 10.00. The van der Waals surface area contributed by atoms with Gasteiger partial charge in [0, 0.05) is 20.1 Å². The van der Waals surface area contributed by atoms with Gasteiger partial charge in [-0.1, -0.05) is 6.92 Å². The first-order valence-electron chi connectivity index (χ1n) is 5.71. The summed E-state index contributed by atoms with van der Waals surface area (Å²) >= 11 is 5.88. The molecular formula is C11H15ClN2O3. The number of halogens is 1. The summed E-state index contributed by atoms with van der Waals surface area (Å²) in [5.41, 5.74) is 0. The highest BCUT2D eigenvalue weighted by molar-refractivity contribution is 6.30. The second-order valence-corrected chi connectivity index (χ2v) is 5.09. The average molecular weight is 259 g/mol. The molecule has 0 unspecified atom stereocenters. The van der Waals surface area contributed by atoms with E-state index in [4.69, 9.17) is 11.6 Å². The third-order valence-corrected chi connectivity index (χ3v) is 4.05. The van der Waals surface area contributed by atoms with Gasteiger partial charge in [-0.15, -0.1) is 11.6 Å². The molecule has 2 heterocycles. The van der Waals surface area contributed by atoms with Crippen LogP contribution in [0.25, 0.3) is 0 Å². The van der Waals surface area contributed by atoms with Crippen molar-refractivity contribution in [2.45, 2.75) is 18.7 Å². The highest BCUT2D eigenvalue weighted by Crippen LogP contribution is 2.33. The molecule has 0 aromatic rings. The number of hydrogen-bond acceptors (Lipinski definition) is 3. The van der Waals surface area contributed by atoms with Crippen molar-refractivity contribution in [1.29, 1.82) is 0 Å². The van der Waals surface area contributed by atoms with Gasteiger partial charge in [-0.25, -0.2) is 0 Å². The molecule has 17 heavy (non-hydrogen) atoms. The van der Waals surface area contributed by atoms with Crippen LogP contribution in [0.5, 0.6) is 0 Å². The molecule has 94 valence electrons. The van der Waals surface area contributed by atoms with E-state index in [1.165, 1.54) is 7.05 Å². The molecule has 0 aromatic carbocycles. The van der Waals surface area contributed by atoms with Gasteiger partial charge in [-0.3, -0.25) is 19.3 Å². The van der Waals surface area contributed by atoms with Gasteiger partial charge in [0.25, 0.3) is 0 Å². The number of nitrogens with zero attached hydrogens (tertiary/aromatic N) is 2. The maximum atomic E-state index is 11.9. The zero-order valence-corrected chi connectivity index (χ0v) is 10.6. The fourth-order valence-corrected chi connectivity index (χ4v) is 2.60. The summed E-state index contributed by atoms with van der Waals surface area (Å²) in [6.07, 6.45) is 0.550. The van der Waals surface area contributed by atoms with E-state index < -0.39 is 5.38 Å². The predicted octanol–water partition coefficient (Wildman–Crippen LogP) is 0.0770. The Morgan fingerprint density at radius 2 is 1.82 bits per heavy atom. The molecule has 0 aromatic heterocycles. The monoisotopic (exact) mass is 258 g/mol. The van der Waals surface area contributed by atoms with Crippen molar-refractivity contribution in [2.75, 3.05) is 20.1 Å². The lowest BCUT2D eigenvalue weighted by Gasteiger charge is -2.20. The maximum Gasteiger partial charge on any atom is 0.240 e. The molecule has 0 spiro atoms. The minimum Gasteiger partial charge on any atom is -0.340 e. The van der Waals surface area contributed by atoms with E-state index in [-0.39, 0.29) is 29.6 Å². The van der Waals surface area contributed by atoms with E-state index in [9.17, 15) is 14.4 Å². The van der Waals surface area contributed by atoms with Crippen molar-refractivity contribution >= 4 is 29.3 Å². The fourth-order valence-electron chi connectivity index (χ4n) is 2.46. The van der Waals surface area contributed by atoms with Crippen molar-refractivity contribution in [1.82, 2.24) is 9.80 Å². The highest BCUT2D eigenvalue weighted by atomic mass is 35.5. The van der Waals surface area contributed by atoms with E-state index >= 15 is 0 Å². The van der Waals surface area contributed by atoms with Crippen LogP contribution < -0.4 is 0 Å². The quantitative estimate of drug-likeness (QED) is 0.521. The molecule has 0 bridgehead atoms. The first-order chi connectivity index (χ1) is 7.97. The number of carbonyl (C=O) groups excluding carboxylic acids is 3. The Balaban J connectivity index is 2.09. The zero-order valence-electron chi connectivity index (χ0n) is 9.85. The number of carbonyl (C=O) groups is 3. The van der Waals surface area contributed by atoms with Crippen LogP contribution in [0.3, 0.4) is 0 Å².